The van der Waals surface area contributed by atoms with Gasteiger partial charge in [-0.15, -0.1) is 0 Å². The van der Waals surface area contributed by atoms with Crippen LogP contribution in [0.3, 0.4) is 0 Å². The zero-order chi connectivity index (χ0) is 107. The number of alkyl halides is 33. The van der Waals surface area contributed by atoms with Gasteiger partial charge in [0, 0.05) is 101 Å². The van der Waals surface area contributed by atoms with Crippen molar-refractivity contribution in [3.63, 3.8) is 0 Å². The number of fused-ring (bicyclic) bond motifs is 12. The molecule has 20 aromatic rings. The van der Waals surface area contributed by atoms with E-state index in [2.05, 4.69) is 77.1 Å². The third-order valence-corrected chi connectivity index (χ3v) is 23.6. The summed E-state index contributed by atoms with van der Waals surface area (Å²) in [6.45, 7) is 2.05. The molecule has 8 heterocycles. The minimum Gasteiger partial charge on any atom is -0.254 e. The molecular formula is C108H55F33N8. The van der Waals surface area contributed by atoms with Gasteiger partial charge in [-0.1, -0.05) is 139 Å². The highest BCUT2D eigenvalue weighted by Crippen LogP contribution is 2.49. The fourth-order valence-corrected chi connectivity index (χ4v) is 16.4. The molecule has 0 aliphatic rings. The number of benzene rings is 12. The van der Waals surface area contributed by atoms with Gasteiger partial charge in [-0.3, -0.25) is 19.9 Å². The maximum absolute atomic E-state index is 13.5. The third-order valence-electron chi connectivity index (χ3n) is 23.6. The van der Waals surface area contributed by atoms with E-state index < -0.39 is 151 Å². The minimum atomic E-state index is -5.11. The van der Waals surface area contributed by atoms with Crippen LogP contribution in [0.4, 0.5) is 145 Å². The zero-order valence-electron chi connectivity index (χ0n) is 74.6. The second kappa shape index (κ2) is 38.5. The molecule has 0 aliphatic heterocycles. The number of halogens is 33. The van der Waals surface area contributed by atoms with E-state index >= 15 is 0 Å². The van der Waals surface area contributed by atoms with Crippen LogP contribution in [-0.4, -0.2) is 39.9 Å². The lowest BCUT2D eigenvalue weighted by Crippen LogP contribution is -2.11. The van der Waals surface area contributed by atoms with E-state index in [4.69, 9.17) is 0 Å². The molecule has 0 atom stereocenters. The fourth-order valence-electron chi connectivity index (χ4n) is 16.4. The van der Waals surface area contributed by atoms with Crippen LogP contribution >= 0.6 is 0 Å². The molecule has 8 aromatic heterocycles. The number of hydrogen-bond donors (Lipinski definition) is 0. The van der Waals surface area contributed by atoms with Gasteiger partial charge in [0.2, 0.25) is 0 Å². The van der Waals surface area contributed by atoms with E-state index in [-0.39, 0.29) is 79.6 Å². The van der Waals surface area contributed by atoms with Gasteiger partial charge < -0.3 is 0 Å². The van der Waals surface area contributed by atoms with Crippen molar-refractivity contribution in [2.24, 2.45) is 0 Å². The molecule has 758 valence electrons. The summed E-state index contributed by atoms with van der Waals surface area (Å²) in [6, 6.07) is 58.3. The van der Waals surface area contributed by atoms with Crippen molar-refractivity contribution in [3.05, 3.63) is 383 Å². The summed E-state index contributed by atoms with van der Waals surface area (Å²) < 4.78 is 439. The van der Waals surface area contributed by atoms with Gasteiger partial charge in [0.15, 0.2) is 0 Å². The van der Waals surface area contributed by atoms with E-state index in [9.17, 15) is 145 Å². The highest BCUT2D eigenvalue weighted by Gasteiger charge is 2.43. The lowest BCUT2D eigenvalue weighted by atomic mass is 9.93. The van der Waals surface area contributed by atoms with Crippen molar-refractivity contribution in [1.29, 1.82) is 0 Å². The highest BCUT2D eigenvalue weighted by molar-refractivity contribution is 6.12. The summed E-state index contributed by atoms with van der Waals surface area (Å²) in [7, 11) is 0. The average molecular weight is 2090 g/mol. The van der Waals surface area contributed by atoms with Crippen molar-refractivity contribution < 1.29 is 145 Å². The number of rotatable bonds is 8. The summed E-state index contributed by atoms with van der Waals surface area (Å²) in [5.41, 5.74) is -9.21. The number of aromatic nitrogens is 8. The Morgan fingerprint density at radius 3 is 0.678 bits per heavy atom. The maximum atomic E-state index is 13.5. The van der Waals surface area contributed by atoms with Crippen molar-refractivity contribution in [3.8, 4) is 89.5 Å². The van der Waals surface area contributed by atoms with Gasteiger partial charge in [-0.25, -0.2) is 19.9 Å². The Labute approximate surface area is 815 Å². The predicted octanol–water partition coefficient (Wildman–Crippen LogP) is 36.0. The van der Waals surface area contributed by atoms with Crippen molar-refractivity contribution >= 4 is 87.2 Å². The molecule has 0 spiro atoms. The van der Waals surface area contributed by atoms with Crippen LogP contribution in [0.1, 0.15) is 66.8 Å². The molecule has 0 N–H and O–H groups in total. The van der Waals surface area contributed by atoms with E-state index in [1.807, 2.05) is 36.5 Å². The molecule has 0 amide bonds. The maximum Gasteiger partial charge on any atom is 0.416 e. The standard InChI is InChI=1S/2C28H12F12N2.C26H14F6N2.C26H17F3N2/c29-25(30,31)15-7-13(8-16(11-15)26(32,33)34)19-3-5-41-23-21(19)1-2-22-20(4-6-42-24(22)23)14-9-17(27(35,36)37)12-18(10-14)28(38,39)40;29-25(30,31)17-7-15(8-18(11-17)26(32,33)34)21-5-3-13-1-2-14-4-6-22(42-24(14)23(13)41-21)16-9-19(27(35,36)37)12-20(10-16)28(38,39)40;27-25(28,29)19-5-1-3-17(13-19)21-11-9-15-7-8-16-10-12-22(34-24(16)23(15)33-21)18-4-2-6-20(14-18)26(30,31)32;1-16-2-4-17(5-3-16)21-12-19-6-7-20-13-22(15-31-25(20)24(19)30-14-21)18-8-10-23(11-9-18)26(27,28)29/h2*1-12H;1-14H;2-15H,1H3. The Morgan fingerprint density at radius 2 is 0.403 bits per heavy atom. The Kier molecular flexibility index (Phi) is 26.8. The van der Waals surface area contributed by atoms with Gasteiger partial charge in [-0.05, 0) is 198 Å². The van der Waals surface area contributed by atoms with Gasteiger partial charge in [0.05, 0.1) is 128 Å². The summed E-state index contributed by atoms with van der Waals surface area (Å²) in [5, 5.41) is 3.98. The summed E-state index contributed by atoms with van der Waals surface area (Å²) in [6.07, 6.45) is -48.5. The van der Waals surface area contributed by atoms with Crippen LogP contribution in [-0.2, 0) is 67.9 Å². The normalized spacial score (nSPS) is 12.8. The van der Waals surface area contributed by atoms with E-state index in [1.54, 1.807) is 30.5 Å². The lowest BCUT2D eigenvalue weighted by Gasteiger charge is -2.17. The third kappa shape index (κ3) is 22.8. The van der Waals surface area contributed by atoms with Gasteiger partial charge in [0.1, 0.15) is 0 Å². The first-order valence-corrected chi connectivity index (χ1v) is 43.2. The lowest BCUT2D eigenvalue weighted by molar-refractivity contribution is -0.144. The molecule has 8 nitrogen and oxygen atoms in total. The molecule has 0 radical (unpaired) electrons. The van der Waals surface area contributed by atoms with Crippen molar-refractivity contribution in [1.82, 2.24) is 39.9 Å². The molecule has 0 bridgehead atoms. The SMILES string of the molecule is Cc1ccc(-c2cnc3c(ccc4cc(-c5ccc(C(F)(F)F)cc5)cnc43)c2)cc1.FC(F)(F)c1cc(-c2ccc3ccc4ccc(-c5cc(C(F)(F)F)cc(C(F)(F)F)c5)nc4c3n2)cc(C(F)(F)F)c1.FC(F)(F)c1cc(-c2ccnc3c2ccc2c(-c4cc(C(F)(F)F)cc(C(F)(F)F)c4)ccnc23)cc(C(F)(F)F)c1.FC(F)(F)c1cccc(-c2ccc3ccc4ccc(-c5cccc(C(F)(F)F)c5)nc4c3n2)c1. The molecule has 20 rings (SSSR count). The van der Waals surface area contributed by atoms with Gasteiger partial charge >= 0.3 is 67.9 Å². The van der Waals surface area contributed by atoms with Crippen LogP contribution in [0.25, 0.3) is 177 Å². The number of aryl methyl sites for hydroxylation is 1. The smallest absolute Gasteiger partial charge is 0.254 e. The largest absolute Gasteiger partial charge is 0.416 e. The fraction of sp³-hybridized carbons (Fsp3) is 0.111. The molecule has 0 unspecified atom stereocenters. The quantitative estimate of drug-likeness (QED) is 0.109. The molecule has 149 heavy (non-hydrogen) atoms. The van der Waals surface area contributed by atoms with Crippen molar-refractivity contribution in [2.45, 2.75) is 74.9 Å². The Balaban J connectivity index is 0.000000136. The molecule has 12 aromatic carbocycles. The Hall–Kier alpha value is -16.4. The first kappa shape index (κ1) is 104. The zero-order valence-corrected chi connectivity index (χ0v) is 74.6. The van der Waals surface area contributed by atoms with Crippen LogP contribution < -0.4 is 0 Å². The second-order valence-corrected chi connectivity index (χ2v) is 33.7. The number of nitrogens with zero attached hydrogens (tertiary/aromatic N) is 8. The van der Waals surface area contributed by atoms with E-state index in [0.29, 0.717) is 109 Å². The first-order valence-electron chi connectivity index (χ1n) is 43.2. The number of pyridine rings is 8. The Morgan fingerprint density at radius 1 is 0.161 bits per heavy atom. The first-order chi connectivity index (χ1) is 69.6. The second-order valence-electron chi connectivity index (χ2n) is 33.7. The average Bonchev–Trinajstić information content (AvgIpc) is 0.744. The van der Waals surface area contributed by atoms with Crippen LogP contribution in [0.2, 0.25) is 0 Å². The molecule has 0 saturated heterocycles. The monoisotopic (exact) mass is 2090 g/mol. The van der Waals surface area contributed by atoms with E-state index in [0.717, 1.165) is 87.3 Å². The predicted molar refractivity (Wildman–Crippen MR) is 491 cm³/mol. The molecular weight excluding hydrogens is 2040 g/mol. The minimum absolute atomic E-state index is 0.0274. The summed E-state index contributed by atoms with van der Waals surface area (Å²) in [4.78, 5) is 35.1. The van der Waals surface area contributed by atoms with Crippen LogP contribution in [0.15, 0.2) is 316 Å². The van der Waals surface area contributed by atoms with Crippen LogP contribution in [0, 0.1) is 6.92 Å². The molecule has 0 saturated carbocycles. The Bertz CT molecular complexity index is 8080. The van der Waals surface area contributed by atoms with E-state index in [1.165, 1.54) is 103 Å². The number of hydrogen-bond acceptors (Lipinski definition) is 8. The van der Waals surface area contributed by atoms with Crippen LogP contribution in [0.5, 0.6) is 0 Å². The highest BCUT2D eigenvalue weighted by atomic mass is 19.5. The summed E-state index contributed by atoms with van der Waals surface area (Å²) in [5.74, 6) is 0. The summed E-state index contributed by atoms with van der Waals surface area (Å²) >= 11 is 0. The molecule has 41 heteroatoms. The van der Waals surface area contributed by atoms with Crippen molar-refractivity contribution in [2.75, 3.05) is 0 Å². The van der Waals surface area contributed by atoms with Gasteiger partial charge in [-0.2, -0.15) is 145 Å². The molecule has 0 fully saturated rings. The molecule has 0 aliphatic carbocycles. The topological polar surface area (TPSA) is 103 Å². The van der Waals surface area contributed by atoms with Gasteiger partial charge in [0.25, 0.3) is 0 Å².